The van der Waals surface area contributed by atoms with Crippen LogP contribution < -0.4 is 10.1 Å². The van der Waals surface area contributed by atoms with Crippen molar-refractivity contribution in [3.63, 3.8) is 0 Å². The summed E-state index contributed by atoms with van der Waals surface area (Å²) in [4.78, 5) is 11.6. The molecule has 1 aliphatic rings. The fraction of sp³-hybridized carbons (Fsp3) is 0.381. The van der Waals surface area contributed by atoms with Gasteiger partial charge >= 0.3 is 0 Å². The molecule has 0 aliphatic carbocycles. The predicted octanol–water partition coefficient (Wildman–Crippen LogP) is 1.69. The Balaban J connectivity index is 1.82. The minimum absolute atomic E-state index is 0.176. The second kappa shape index (κ2) is 8.70. The molecule has 1 heterocycles. The van der Waals surface area contributed by atoms with Crippen molar-refractivity contribution in [1.82, 2.24) is 5.32 Å². The van der Waals surface area contributed by atoms with Crippen LogP contribution in [0.25, 0.3) is 0 Å². The summed E-state index contributed by atoms with van der Waals surface area (Å²) in [6.07, 6.45) is -3.19. The highest BCUT2D eigenvalue weighted by molar-refractivity contribution is 5.94. The molecule has 150 valence electrons. The van der Waals surface area contributed by atoms with Gasteiger partial charge in [-0.15, -0.1) is 0 Å². The summed E-state index contributed by atoms with van der Waals surface area (Å²) in [6, 6.07) is 12.2. The number of rotatable bonds is 5. The molecule has 0 aromatic heterocycles. The van der Waals surface area contributed by atoms with Gasteiger partial charge in [0.25, 0.3) is 5.91 Å². The third-order valence-electron chi connectivity index (χ3n) is 4.73. The maximum atomic E-state index is 11.6. The number of hydrogen-bond donors (Lipinski definition) is 4. The van der Waals surface area contributed by atoms with Crippen LogP contribution >= 0.6 is 0 Å². The Morgan fingerprint density at radius 2 is 1.89 bits per heavy atom. The number of amides is 1. The average Bonchev–Trinajstić information content (AvgIpc) is 2.69. The summed E-state index contributed by atoms with van der Waals surface area (Å²) >= 11 is 0. The summed E-state index contributed by atoms with van der Waals surface area (Å²) in [5, 5.41) is 32.4. The first kappa shape index (κ1) is 20.3. The SMILES string of the molecule is CNC(=O)c1ccc(Oc2cc(C)cc([C@H]3OC(CO)CC(O)C3O)c2)cc1. The zero-order valence-corrected chi connectivity index (χ0v) is 15.8. The molecular weight excluding hydrogens is 362 g/mol. The van der Waals surface area contributed by atoms with E-state index in [1.807, 2.05) is 19.1 Å². The fourth-order valence-electron chi connectivity index (χ4n) is 3.30. The van der Waals surface area contributed by atoms with E-state index >= 15 is 0 Å². The highest BCUT2D eigenvalue weighted by Crippen LogP contribution is 2.35. The number of aryl methyl sites for hydroxylation is 1. The lowest BCUT2D eigenvalue weighted by atomic mass is 9.92. The Kier molecular flexibility index (Phi) is 6.31. The van der Waals surface area contributed by atoms with Crippen LogP contribution in [-0.4, -0.2) is 53.2 Å². The maximum Gasteiger partial charge on any atom is 0.251 e. The smallest absolute Gasteiger partial charge is 0.251 e. The number of ether oxygens (including phenoxy) is 2. The van der Waals surface area contributed by atoms with Gasteiger partial charge < -0.3 is 30.1 Å². The van der Waals surface area contributed by atoms with Crippen molar-refractivity contribution in [3.05, 3.63) is 59.2 Å². The number of carbonyl (C=O) groups is 1. The van der Waals surface area contributed by atoms with Crippen molar-refractivity contribution in [2.45, 2.75) is 37.8 Å². The predicted molar refractivity (Wildman–Crippen MR) is 102 cm³/mol. The molecule has 28 heavy (non-hydrogen) atoms. The van der Waals surface area contributed by atoms with Gasteiger partial charge in [0.05, 0.1) is 18.8 Å². The second-order valence-corrected chi connectivity index (χ2v) is 6.94. The minimum atomic E-state index is -1.09. The van der Waals surface area contributed by atoms with Gasteiger partial charge in [0.2, 0.25) is 0 Å². The Hall–Kier alpha value is -2.45. The Morgan fingerprint density at radius 3 is 2.54 bits per heavy atom. The quantitative estimate of drug-likeness (QED) is 0.622. The molecule has 0 spiro atoms. The van der Waals surface area contributed by atoms with E-state index in [9.17, 15) is 20.1 Å². The van der Waals surface area contributed by atoms with E-state index in [0.717, 1.165) is 5.56 Å². The topological polar surface area (TPSA) is 108 Å². The summed E-state index contributed by atoms with van der Waals surface area (Å²) in [7, 11) is 1.57. The first-order valence-corrected chi connectivity index (χ1v) is 9.15. The molecule has 4 N–H and O–H groups in total. The summed E-state index contributed by atoms with van der Waals surface area (Å²) in [5.41, 5.74) is 2.08. The van der Waals surface area contributed by atoms with Gasteiger partial charge in [-0.1, -0.05) is 6.07 Å². The summed E-state index contributed by atoms with van der Waals surface area (Å²) in [5.74, 6) is 0.923. The zero-order valence-electron chi connectivity index (χ0n) is 15.8. The molecule has 7 heteroatoms. The van der Waals surface area contributed by atoms with Crippen LogP contribution in [0.5, 0.6) is 11.5 Å². The molecule has 1 saturated heterocycles. The third-order valence-corrected chi connectivity index (χ3v) is 4.73. The summed E-state index contributed by atoms with van der Waals surface area (Å²) in [6.45, 7) is 1.66. The molecule has 2 aromatic carbocycles. The Morgan fingerprint density at radius 1 is 1.18 bits per heavy atom. The van der Waals surface area contributed by atoms with E-state index in [2.05, 4.69) is 5.32 Å². The largest absolute Gasteiger partial charge is 0.457 e. The number of aliphatic hydroxyl groups excluding tert-OH is 3. The van der Waals surface area contributed by atoms with Gasteiger partial charge in [0.15, 0.2) is 0 Å². The van der Waals surface area contributed by atoms with Crippen molar-refractivity contribution in [2.24, 2.45) is 0 Å². The van der Waals surface area contributed by atoms with Gasteiger partial charge in [0.1, 0.15) is 23.7 Å². The van der Waals surface area contributed by atoms with E-state index in [4.69, 9.17) is 9.47 Å². The van der Waals surface area contributed by atoms with E-state index < -0.39 is 24.4 Å². The molecule has 0 radical (unpaired) electrons. The van der Waals surface area contributed by atoms with Crippen LogP contribution in [0.2, 0.25) is 0 Å². The van der Waals surface area contributed by atoms with Crippen LogP contribution in [0.4, 0.5) is 0 Å². The standard InChI is InChI=1S/C21H25NO6/c1-12-7-14(20-19(25)18(24)10-17(11-23)28-20)9-16(8-12)27-15-5-3-13(4-6-15)21(26)22-2/h3-9,17-20,23-25H,10-11H2,1-2H3,(H,22,26)/t17?,18?,19?,20-/m1/s1. The average molecular weight is 387 g/mol. The molecular formula is C21H25NO6. The monoisotopic (exact) mass is 387 g/mol. The van der Waals surface area contributed by atoms with Crippen LogP contribution in [-0.2, 0) is 4.74 Å². The fourth-order valence-corrected chi connectivity index (χ4v) is 3.30. The highest BCUT2D eigenvalue weighted by Gasteiger charge is 2.37. The van der Waals surface area contributed by atoms with E-state index in [1.165, 1.54) is 0 Å². The number of aliphatic hydroxyl groups is 3. The zero-order chi connectivity index (χ0) is 20.3. The van der Waals surface area contributed by atoms with Crippen LogP contribution in [0.15, 0.2) is 42.5 Å². The number of carbonyl (C=O) groups excluding carboxylic acids is 1. The molecule has 0 bridgehead atoms. The highest BCUT2D eigenvalue weighted by atomic mass is 16.5. The molecule has 1 aliphatic heterocycles. The van der Waals surface area contributed by atoms with Gasteiger partial charge in [-0.3, -0.25) is 4.79 Å². The van der Waals surface area contributed by atoms with Gasteiger partial charge in [-0.2, -0.15) is 0 Å². The van der Waals surface area contributed by atoms with Gasteiger partial charge in [0, 0.05) is 19.0 Å². The normalized spacial score (nSPS) is 24.6. The number of nitrogens with one attached hydrogen (secondary N) is 1. The Bertz CT molecular complexity index is 822. The molecule has 4 atom stereocenters. The Labute approximate surface area is 163 Å². The number of benzene rings is 2. The van der Waals surface area contributed by atoms with Crippen molar-refractivity contribution < 1.29 is 29.6 Å². The van der Waals surface area contributed by atoms with Crippen LogP contribution in [0, 0.1) is 6.92 Å². The minimum Gasteiger partial charge on any atom is -0.457 e. The third kappa shape index (κ3) is 4.51. The maximum absolute atomic E-state index is 11.6. The van der Waals surface area contributed by atoms with Crippen molar-refractivity contribution in [3.8, 4) is 11.5 Å². The summed E-state index contributed by atoms with van der Waals surface area (Å²) < 4.78 is 11.7. The number of hydrogen-bond acceptors (Lipinski definition) is 6. The molecule has 7 nitrogen and oxygen atoms in total. The molecule has 2 aromatic rings. The van der Waals surface area contributed by atoms with Crippen molar-refractivity contribution in [1.29, 1.82) is 0 Å². The first-order chi connectivity index (χ1) is 13.4. The van der Waals surface area contributed by atoms with E-state index in [-0.39, 0.29) is 18.9 Å². The molecule has 3 rings (SSSR count). The van der Waals surface area contributed by atoms with Crippen molar-refractivity contribution >= 4 is 5.91 Å². The van der Waals surface area contributed by atoms with Gasteiger partial charge in [-0.25, -0.2) is 0 Å². The lowest BCUT2D eigenvalue weighted by Crippen LogP contribution is -2.44. The van der Waals surface area contributed by atoms with Crippen molar-refractivity contribution in [2.75, 3.05) is 13.7 Å². The van der Waals surface area contributed by atoms with E-state index in [0.29, 0.717) is 22.6 Å². The molecule has 1 amide bonds. The van der Waals surface area contributed by atoms with Crippen LogP contribution in [0.1, 0.15) is 34.0 Å². The molecule has 1 fully saturated rings. The molecule has 0 saturated carbocycles. The van der Waals surface area contributed by atoms with E-state index in [1.54, 1.807) is 37.4 Å². The first-order valence-electron chi connectivity index (χ1n) is 9.15. The lowest BCUT2D eigenvalue weighted by Gasteiger charge is -2.37. The second-order valence-electron chi connectivity index (χ2n) is 6.94. The van der Waals surface area contributed by atoms with Gasteiger partial charge in [-0.05, 0) is 54.4 Å². The molecule has 3 unspecified atom stereocenters. The lowest BCUT2D eigenvalue weighted by molar-refractivity contribution is -0.179. The van der Waals surface area contributed by atoms with Crippen LogP contribution in [0.3, 0.4) is 0 Å².